The fraction of sp³-hybridized carbons (Fsp3) is 0.300. The van der Waals surface area contributed by atoms with Crippen LogP contribution in [0, 0.1) is 16.0 Å². The predicted octanol–water partition coefficient (Wildman–Crippen LogP) is 5.75. The highest BCUT2D eigenvalue weighted by Gasteiger charge is 2.26. The second kappa shape index (κ2) is 11.0. The molecule has 1 aliphatic rings. The van der Waals surface area contributed by atoms with E-state index in [1.54, 1.807) is 12.1 Å². The molecule has 0 N–H and O–H groups in total. The summed E-state index contributed by atoms with van der Waals surface area (Å²) in [4.78, 5) is 28.4. The van der Waals surface area contributed by atoms with Crippen molar-refractivity contribution in [2.24, 2.45) is 5.92 Å². The number of carbonyl (C=O) groups is 1. The molecule has 0 saturated carbocycles. The molecule has 1 amide bonds. The lowest BCUT2D eigenvalue weighted by molar-refractivity contribution is -0.384. The Morgan fingerprint density at radius 1 is 0.947 bits per heavy atom. The van der Waals surface area contributed by atoms with Crippen molar-refractivity contribution < 1.29 is 14.5 Å². The first kappa shape index (κ1) is 25.3. The summed E-state index contributed by atoms with van der Waals surface area (Å²) in [6.45, 7) is 7.99. The molecule has 1 saturated heterocycles. The van der Waals surface area contributed by atoms with E-state index in [1.165, 1.54) is 12.1 Å². The van der Waals surface area contributed by atoms with Gasteiger partial charge in [-0.25, -0.2) is 0 Å². The van der Waals surface area contributed by atoms with Crippen molar-refractivity contribution in [3.63, 3.8) is 0 Å². The van der Waals surface area contributed by atoms with Crippen LogP contribution in [0.3, 0.4) is 0 Å². The summed E-state index contributed by atoms with van der Waals surface area (Å²) in [6, 6.07) is 24.6. The molecule has 0 radical (unpaired) electrons. The van der Waals surface area contributed by atoms with Gasteiger partial charge in [0.05, 0.1) is 10.4 Å². The molecule has 0 bridgehead atoms. The molecule has 0 spiro atoms. The second-order valence-corrected chi connectivity index (χ2v) is 10.1. The molecule has 0 atom stereocenters. The smallest absolute Gasteiger partial charge is 0.270 e. The lowest BCUT2D eigenvalue weighted by Gasteiger charge is -2.36. The van der Waals surface area contributed by atoms with E-state index in [1.807, 2.05) is 53.4 Å². The van der Waals surface area contributed by atoms with Gasteiger partial charge < -0.3 is 19.1 Å². The van der Waals surface area contributed by atoms with E-state index >= 15 is 0 Å². The van der Waals surface area contributed by atoms with Crippen LogP contribution >= 0.6 is 0 Å². The van der Waals surface area contributed by atoms with Gasteiger partial charge in [-0.1, -0.05) is 50.2 Å². The van der Waals surface area contributed by atoms with Gasteiger partial charge in [-0.2, -0.15) is 0 Å². The van der Waals surface area contributed by atoms with Crippen LogP contribution in [-0.2, 0) is 13.2 Å². The third-order valence-corrected chi connectivity index (χ3v) is 6.90. The van der Waals surface area contributed by atoms with Gasteiger partial charge in [0.1, 0.15) is 18.1 Å². The van der Waals surface area contributed by atoms with Crippen LogP contribution in [0.15, 0.2) is 78.9 Å². The first-order valence-corrected chi connectivity index (χ1v) is 13.0. The number of carbonyl (C=O) groups excluding carboxylic acids is 1. The maximum atomic E-state index is 13.8. The summed E-state index contributed by atoms with van der Waals surface area (Å²) in [5.41, 5.74) is 3.77. The van der Waals surface area contributed by atoms with E-state index in [0.29, 0.717) is 44.4 Å². The van der Waals surface area contributed by atoms with Crippen molar-refractivity contribution in [2.45, 2.75) is 27.0 Å². The van der Waals surface area contributed by atoms with Gasteiger partial charge >= 0.3 is 0 Å². The van der Waals surface area contributed by atoms with Crippen molar-refractivity contribution in [1.82, 2.24) is 9.47 Å². The minimum Gasteiger partial charge on any atom is -0.488 e. The fourth-order valence-corrected chi connectivity index (χ4v) is 4.97. The Morgan fingerprint density at radius 2 is 1.66 bits per heavy atom. The van der Waals surface area contributed by atoms with Crippen LogP contribution in [0.2, 0.25) is 0 Å². The topological polar surface area (TPSA) is 80.9 Å². The molecule has 0 aliphatic carbocycles. The molecule has 1 aliphatic heterocycles. The highest BCUT2D eigenvalue weighted by Crippen LogP contribution is 2.31. The summed E-state index contributed by atoms with van der Waals surface area (Å²) in [7, 11) is 0. The largest absolute Gasteiger partial charge is 0.488 e. The zero-order valence-corrected chi connectivity index (χ0v) is 21.7. The van der Waals surface area contributed by atoms with Crippen molar-refractivity contribution in [3.8, 4) is 5.75 Å². The number of aromatic nitrogens is 1. The van der Waals surface area contributed by atoms with Crippen molar-refractivity contribution in [3.05, 3.63) is 100 Å². The van der Waals surface area contributed by atoms with E-state index < -0.39 is 4.92 Å². The number of rotatable bonds is 8. The Morgan fingerprint density at radius 3 is 2.32 bits per heavy atom. The SMILES string of the molecule is CC(C)Cn1c(C(=O)N2CCN(c3ccc([N+](=O)[O-])cc3)CC2)cc2c(OCc3ccccc3)cccc21. The quantitative estimate of drug-likeness (QED) is 0.222. The number of non-ortho nitro benzene ring substituents is 1. The van der Waals surface area contributed by atoms with Gasteiger partial charge in [0.2, 0.25) is 0 Å². The van der Waals surface area contributed by atoms with Crippen LogP contribution in [-0.4, -0.2) is 46.5 Å². The molecule has 8 heteroatoms. The van der Waals surface area contributed by atoms with Gasteiger partial charge in [-0.3, -0.25) is 14.9 Å². The molecule has 0 unspecified atom stereocenters. The molecular weight excluding hydrogens is 480 g/mol. The van der Waals surface area contributed by atoms with E-state index in [0.717, 1.165) is 34.4 Å². The van der Waals surface area contributed by atoms with Crippen LogP contribution in [0.25, 0.3) is 10.9 Å². The lowest BCUT2D eigenvalue weighted by atomic mass is 10.2. The number of nitrogens with zero attached hydrogens (tertiary/aromatic N) is 4. The summed E-state index contributed by atoms with van der Waals surface area (Å²) < 4.78 is 8.33. The van der Waals surface area contributed by atoms with Crippen LogP contribution < -0.4 is 9.64 Å². The molecule has 5 rings (SSSR count). The van der Waals surface area contributed by atoms with Crippen molar-refractivity contribution in [1.29, 1.82) is 0 Å². The normalized spacial score (nSPS) is 13.8. The number of anilines is 1. The molecule has 1 aromatic heterocycles. The second-order valence-electron chi connectivity index (χ2n) is 10.1. The van der Waals surface area contributed by atoms with Crippen LogP contribution in [0.1, 0.15) is 29.9 Å². The summed E-state index contributed by atoms with van der Waals surface area (Å²) in [5.74, 6) is 1.15. The molecule has 1 fully saturated rings. The highest BCUT2D eigenvalue weighted by atomic mass is 16.6. The van der Waals surface area contributed by atoms with E-state index in [2.05, 4.69) is 29.4 Å². The Bertz CT molecular complexity index is 1420. The van der Waals surface area contributed by atoms with Crippen LogP contribution in [0.4, 0.5) is 11.4 Å². The van der Waals surface area contributed by atoms with E-state index in [-0.39, 0.29) is 11.6 Å². The summed E-state index contributed by atoms with van der Waals surface area (Å²) in [6.07, 6.45) is 0. The van der Waals surface area contributed by atoms with Gasteiger partial charge in [0.15, 0.2) is 0 Å². The minimum absolute atomic E-state index is 0.0132. The molecule has 38 heavy (non-hydrogen) atoms. The Kier molecular flexibility index (Phi) is 7.31. The van der Waals surface area contributed by atoms with Crippen molar-refractivity contribution in [2.75, 3.05) is 31.1 Å². The van der Waals surface area contributed by atoms with Gasteiger partial charge in [-0.15, -0.1) is 0 Å². The number of hydrogen-bond acceptors (Lipinski definition) is 5. The number of piperazine rings is 1. The third-order valence-electron chi connectivity index (χ3n) is 6.90. The molecule has 3 aromatic carbocycles. The first-order chi connectivity index (χ1) is 18.4. The number of amides is 1. The van der Waals surface area contributed by atoms with Gasteiger partial charge in [-0.05, 0) is 41.8 Å². The lowest BCUT2D eigenvalue weighted by Crippen LogP contribution is -2.49. The zero-order chi connectivity index (χ0) is 26.6. The number of nitro benzene ring substituents is 1. The fourth-order valence-electron chi connectivity index (χ4n) is 4.97. The summed E-state index contributed by atoms with van der Waals surface area (Å²) in [5, 5.41) is 11.9. The van der Waals surface area contributed by atoms with Gasteiger partial charge in [0.25, 0.3) is 11.6 Å². The average molecular weight is 513 g/mol. The zero-order valence-electron chi connectivity index (χ0n) is 21.7. The Labute approximate surface area is 222 Å². The highest BCUT2D eigenvalue weighted by molar-refractivity contribution is 6.00. The number of benzene rings is 3. The molecule has 2 heterocycles. The monoisotopic (exact) mass is 512 g/mol. The number of ether oxygens (including phenoxy) is 1. The van der Waals surface area contributed by atoms with E-state index in [9.17, 15) is 14.9 Å². The first-order valence-electron chi connectivity index (χ1n) is 13.0. The number of hydrogen-bond donors (Lipinski definition) is 0. The molecule has 4 aromatic rings. The standard InChI is InChI=1S/C30H32N4O4/c1-22(2)20-33-27-9-6-10-29(38-21-23-7-4-3-5-8-23)26(27)19-28(33)30(35)32-17-15-31(16-18-32)24-11-13-25(14-12-24)34(36)37/h3-14,19,22H,15-18,20-21H2,1-2H3. The maximum absolute atomic E-state index is 13.8. The Hall–Kier alpha value is -4.33. The number of fused-ring (bicyclic) bond motifs is 1. The van der Waals surface area contributed by atoms with Crippen LogP contribution in [0.5, 0.6) is 5.75 Å². The van der Waals surface area contributed by atoms with E-state index in [4.69, 9.17) is 4.74 Å². The molecule has 196 valence electrons. The maximum Gasteiger partial charge on any atom is 0.270 e. The summed E-state index contributed by atoms with van der Waals surface area (Å²) >= 11 is 0. The molecule has 8 nitrogen and oxygen atoms in total. The minimum atomic E-state index is -0.394. The molecular formula is C30H32N4O4. The Balaban J connectivity index is 1.36. The van der Waals surface area contributed by atoms with Gasteiger partial charge in [0, 0.05) is 55.9 Å². The average Bonchev–Trinajstić information content (AvgIpc) is 3.30. The number of nitro groups is 1. The van der Waals surface area contributed by atoms with Crippen molar-refractivity contribution >= 4 is 28.2 Å². The predicted molar refractivity (Wildman–Crippen MR) is 149 cm³/mol. The third kappa shape index (κ3) is 5.34.